The van der Waals surface area contributed by atoms with Crippen LogP contribution in [0.2, 0.25) is 0 Å². The number of carbonyl (C=O) groups excluding carboxylic acids is 1. The van der Waals surface area contributed by atoms with Gasteiger partial charge in [0.1, 0.15) is 5.75 Å². The van der Waals surface area contributed by atoms with E-state index in [1.165, 1.54) is 11.3 Å². The third-order valence-electron chi connectivity index (χ3n) is 4.87. The summed E-state index contributed by atoms with van der Waals surface area (Å²) in [4.78, 5) is 19.0. The van der Waals surface area contributed by atoms with Gasteiger partial charge in [-0.15, -0.1) is 0 Å². The van der Waals surface area contributed by atoms with Crippen molar-refractivity contribution >= 4 is 27.5 Å². The van der Waals surface area contributed by atoms with Gasteiger partial charge < -0.3 is 14.5 Å². The SMILES string of the molecule is COc1ccc(N2CCN(C(=O)CN(C)Cc3ccccc3Br)CC2)cc1. The molecule has 0 radical (unpaired) electrons. The van der Waals surface area contributed by atoms with Gasteiger partial charge in [0.05, 0.1) is 13.7 Å². The van der Waals surface area contributed by atoms with Gasteiger partial charge in [0, 0.05) is 42.9 Å². The van der Waals surface area contributed by atoms with Crippen LogP contribution < -0.4 is 9.64 Å². The van der Waals surface area contributed by atoms with Crippen molar-refractivity contribution in [3.05, 3.63) is 58.6 Å². The number of methoxy groups -OCH3 is 1. The molecule has 0 N–H and O–H groups in total. The number of carbonyl (C=O) groups is 1. The standard InChI is InChI=1S/C21H26BrN3O2/c1-23(15-17-5-3-4-6-20(17)22)16-21(26)25-13-11-24(12-14-25)18-7-9-19(27-2)10-8-18/h3-10H,11-16H2,1-2H3. The van der Waals surface area contributed by atoms with E-state index in [0.29, 0.717) is 6.54 Å². The molecule has 6 heteroatoms. The molecule has 3 rings (SSSR count). The van der Waals surface area contributed by atoms with Gasteiger partial charge in [-0.2, -0.15) is 0 Å². The summed E-state index contributed by atoms with van der Waals surface area (Å²) in [6.07, 6.45) is 0. The van der Waals surface area contributed by atoms with Crippen molar-refractivity contribution in [2.45, 2.75) is 6.54 Å². The number of nitrogens with zero attached hydrogens (tertiary/aromatic N) is 3. The Bertz CT molecular complexity index is 758. The van der Waals surface area contributed by atoms with Crippen LogP contribution in [0.15, 0.2) is 53.0 Å². The molecule has 5 nitrogen and oxygen atoms in total. The van der Waals surface area contributed by atoms with E-state index in [-0.39, 0.29) is 5.91 Å². The number of hydrogen-bond donors (Lipinski definition) is 0. The second-order valence-corrected chi connectivity index (χ2v) is 7.68. The van der Waals surface area contributed by atoms with Crippen LogP contribution in [0.5, 0.6) is 5.75 Å². The van der Waals surface area contributed by atoms with Crippen LogP contribution in [-0.4, -0.2) is 62.6 Å². The zero-order valence-electron chi connectivity index (χ0n) is 15.9. The molecule has 2 aromatic carbocycles. The molecule has 0 aliphatic carbocycles. The number of hydrogen-bond acceptors (Lipinski definition) is 4. The maximum atomic E-state index is 12.6. The monoisotopic (exact) mass is 431 g/mol. The summed E-state index contributed by atoms with van der Waals surface area (Å²) < 4.78 is 6.29. The Balaban J connectivity index is 1.48. The van der Waals surface area contributed by atoms with Gasteiger partial charge in [-0.3, -0.25) is 9.69 Å². The molecule has 0 unspecified atom stereocenters. The highest BCUT2D eigenvalue weighted by Gasteiger charge is 2.22. The van der Waals surface area contributed by atoms with Crippen molar-refractivity contribution in [1.29, 1.82) is 0 Å². The lowest BCUT2D eigenvalue weighted by Crippen LogP contribution is -2.51. The second kappa shape index (κ2) is 9.24. The van der Waals surface area contributed by atoms with Gasteiger partial charge in [-0.1, -0.05) is 34.1 Å². The fourth-order valence-corrected chi connectivity index (χ4v) is 3.72. The Morgan fingerprint density at radius 1 is 1.07 bits per heavy atom. The summed E-state index contributed by atoms with van der Waals surface area (Å²) >= 11 is 3.57. The summed E-state index contributed by atoms with van der Waals surface area (Å²) in [5.74, 6) is 1.06. The Kier molecular flexibility index (Phi) is 6.74. The van der Waals surface area contributed by atoms with Crippen molar-refractivity contribution in [3.8, 4) is 5.75 Å². The number of benzene rings is 2. The number of piperazine rings is 1. The molecule has 27 heavy (non-hydrogen) atoms. The van der Waals surface area contributed by atoms with Gasteiger partial charge in [-0.05, 0) is 42.9 Å². The summed E-state index contributed by atoms with van der Waals surface area (Å²) in [6, 6.07) is 16.2. The highest BCUT2D eigenvalue weighted by atomic mass is 79.9. The molecule has 2 aromatic rings. The fourth-order valence-electron chi connectivity index (χ4n) is 3.31. The molecule has 1 fully saturated rings. The molecular formula is C21H26BrN3O2. The first-order valence-electron chi connectivity index (χ1n) is 9.15. The van der Waals surface area contributed by atoms with Crippen LogP contribution >= 0.6 is 15.9 Å². The van der Waals surface area contributed by atoms with Crippen LogP contribution in [0.1, 0.15) is 5.56 Å². The summed E-state index contributed by atoms with van der Waals surface area (Å²) in [5, 5.41) is 0. The lowest BCUT2D eigenvalue weighted by atomic mass is 10.2. The number of amides is 1. The van der Waals surface area contributed by atoms with Crippen LogP contribution in [-0.2, 0) is 11.3 Å². The molecule has 1 amide bonds. The fraction of sp³-hybridized carbons (Fsp3) is 0.381. The average molecular weight is 432 g/mol. The summed E-state index contributed by atoms with van der Waals surface area (Å²) in [7, 11) is 3.66. The number of ether oxygens (including phenoxy) is 1. The molecule has 144 valence electrons. The van der Waals surface area contributed by atoms with Gasteiger partial charge in [0.2, 0.25) is 5.91 Å². The molecular weight excluding hydrogens is 406 g/mol. The van der Waals surface area contributed by atoms with E-state index >= 15 is 0 Å². The first-order valence-corrected chi connectivity index (χ1v) is 9.95. The van der Waals surface area contributed by atoms with Crippen LogP contribution in [0.4, 0.5) is 5.69 Å². The van der Waals surface area contributed by atoms with E-state index in [9.17, 15) is 4.79 Å². The molecule has 1 saturated heterocycles. The van der Waals surface area contributed by atoms with E-state index < -0.39 is 0 Å². The predicted molar refractivity (Wildman–Crippen MR) is 112 cm³/mol. The lowest BCUT2D eigenvalue weighted by Gasteiger charge is -2.36. The number of halogens is 1. The van der Waals surface area contributed by atoms with Crippen LogP contribution in [0.3, 0.4) is 0 Å². The minimum Gasteiger partial charge on any atom is -0.497 e. The zero-order valence-corrected chi connectivity index (χ0v) is 17.5. The minimum atomic E-state index is 0.193. The van der Waals surface area contributed by atoms with Crippen LogP contribution in [0.25, 0.3) is 0 Å². The normalized spacial score (nSPS) is 14.5. The predicted octanol–water partition coefficient (Wildman–Crippen LogP) is 3.24. The van der Waals surface area contributed by atoms with E-state index in [4.69, 9.17) is 4.74 Å². The second-order valence-electron chi connectivity index (χ2n) is 6.83. The Labute approximate surface area is 169 Å². The highest BCUT2D eigenvalue weighted by Crippen LogP contribution is 2.21. The lowest BCUT2D eigenvalue weighted by molar-refractivity contribution is -0.132. The first-order chi connectivity index (χ1) is 13.1. The van der Waals surface area contributed by atoms with E-state index in [0.717, 1.165) is 42.9 Å². The minimum absolute atomic E-state index is 0.193. The van der Waals surface area contributed by atoms with E-state index in [2.05, 4.69) is 43.9 Å². The van der Waals surface area contributed by atoms with Crippen molar-refractivity contribution in [2.24, 2.45) is 0 Å². The average Bonchev–Trinajstić information content (AvgIpc) is 2.70. The molecule has 0 bridgehead atoms. The van der Waals surface area contributed by atoms with Crippen molar-refractivity contribution in [3.63, 3.8) is 0 Å². The molecule has 0 aromatic heterocycles. The summed E-state index contributed by atoms with van der Waals surface area (Å²) in [6.45, 7) is 4.41. The van der Waals surface area contributed by atoms with Gasteiger partial charge in [-0.25, -0.2) is 0 Å². The Hall–Kier alpha value is -2.05. The molecule has 1 aliphatic rings. The number of likely N-dealkylation sites (N-methyl/N-ethyl adjacent to an activating group) is 1. The maximum Gasteiger partial charge on any atom is 0.236 e. The largest absolute Gasteiger partial charge is 0.497 e. The summed E-state index contributed by atoms with van der Waals surface area (Å²) in [5.41, 5.74) is 2.37. The molecule has 1 heterocycles. The third-order valence-corrected chi connectivity index (χ3v) is 5.65. The molecule has 0 saturated carbocycles. The Morgan fingerprint density at radius 3 is 2.37 bits per heavy atom. The van der Waals surface area contributed by atoms with Crippen LogP contribution in [0, 0.1) is 0 Å². The quantitative estimate of drug-likeness (QED) is 0.703. The van der Waals surface area contributed by atoms with Gasteiger partial charge >= 0.3 is 0 Å². The molecule has 0 spiro atoms. The van der Waals surface area contributed by atoms with Crippen molar-refractivity contribution in [2.75, 3.05) is 51.8 Å². The maximum absolute atomic E-state index is 12.6. The first kappa shape index (κ1) is 19.7. The van der Waals surface area contributed by atoms with Gasteiger partial charge in [0.25, 0.3) is 0 Å². The number of anilines is 1. The van der Waals surface area contributed by atoms with Gasteiger partial charge in [0.15, 0.2) is 0 Å². The number of rotatable bonds is 6. The van der Waals surface area contributed by atoms with Crippen molar-refractivity contribution < 1.29 is 9.53 Å². The molecule has 1 aliphatic heterocycles. The smallest absolute Gasteiger partial charge is 0.236 e. The topological polar surface area (TPSA) is 36.0 Å². The Morgan fingerprint density at radius 2 is 1.74 bits per heavy atom. The van der Waals surface area contributed by atoms with E-state index in [1.54, 1.807) is 7.11 Å². The van der Waals surface area contributed by atoms with Crippen molar-refractivity contribution in [1.82, 2.24) is 9.80 Å². The third kappa shape index (κ3) is 5.23. The highest BCUT2D eigenvalue weighted by molar-refractivity contribution is 9.10. The zero-order chi connectivity index (χ0) is 19.2. The molecule has 0 atom stereocenters. The van der Waals surface area contributed by atoms with E-state index in [1.807, 2.05) is 42.3 Å².